The molecule has 3 aromatic rings. The monoisotopic (exact) mass is 483 g/mol. The Hall–Kier alpha value is -3.30. The van der Waals surface area contributed by atoms with Crippen LogP contribution in [-0.4, -0.2) is 59.4 Å². The summed E-state index contributed by atoms with van der Waals surface area (Å²) in [5.41, 5.74) is 3.71. The van der Waals surface area contributed by atoms with Crippen molar-refractivity contribution in [2.75, 3.05) is 26.7 Å². The number of carbonyl (C=O) groups excluding carboxylic acids is 2. The zero-order chi connectivity index (χ0) is 23.9. The number of nitrogens with zero attached hydrogens (tertiary/aromatic N) is 3. The van der Waals surface area contributed by atoms with Crippen LogP contribution in [0.15, 0.2) is 59.4 Å². The maximum absolute atomic E-state index is 14.1. The second kappa shape index (κ2) is 11.2. The largest absolute Gasteiger partial charge is 0.497 e. The van der Waals surface area contributed by atoms with Crippen LogP contribution in [0.5, 0.6) is 5.75 Å². The van der Waals surface area contributed by atoms with E-state index in [1.54, 1.807) is 35.7 Å². The van der Waals surface area contributed by atoms with Crippen LogP contribution >= 0.6 is 11.3 Å². The average molecular weight is 484 g/mol. The van der Waals surface area contributed by atoms with Crippen LogP contribution in [0.25, 0.3) is 0 Å². The third-order valence-electron chi connectivity index (χ3n) is 5.66. The van der Waals surface area contributed by atoms with E-state index in [0.29, 0.717) is 24.3 Å². The summed E-state index contributed by atoms with van der Waals surface area (Å²) in [6.07, 6.45) is -0.348. The molecule has 2 aromatic carbocycles. The first-order valence-corrected chi connectivity index (χ1v) is 11.9. The summed E-state index contributed by atoms with van der Waals surface area (Å²) < 4.78 is 25.3. The summed E-state index contributed by atoms with van der Waals surface area (Å²) in [7, 11) is 1.60. The van der Waals surface area contributed by atoms with Crippen molar-refractivity contribution >= 4 is 23.2 Å². The predicted octanol–water partition coefficient (Wildman–Crippen LogP) is 3.29. The van der Waals surface area contributed by atoms with Crippen molar-refractivity contribution < 1.29 is 23.5 Å². The fourth-order valence-electron chi connectivity index (χ4n) is 3.79. The predicted molar refractivity (Wildman–Crippen MR) is 126 cm³/mol. The summed E-state index contributed by atoms with van der Waals surface area (Å²) in [6, 6.07) is 13.9. The van der Waals surface area contributed by atoms with Gasteiger partial charge in [-0.25, -0.2) is 9.37 Å². The number of ether oxygens (including phenoxy) is 2. The minimum absolute atomic E-state index is 0.0430. The summed E-state index contributed by atoms with van der Waals surface area (Å²) in [4.78, 5) is 33.5. The fraction of sp³-hybridized carbons (Fsp3) is 0.320. The summed E-state index contributed by atoms with van der Waals surface area (Å²) in [5.74, 6) is 0.0269. The molecule has 1 fully saturated rings. The highest BCUT2D eigenvalue weighted by molar-refractivity contribution is 7.07. The lowest BCUT2D eigenvalue weighted by Crippen LogP contribution is -2.40. The normalized spacial score (nSPS) is 16.4. The van der Waals surface area contributed by atoms with Gasteiger partial charge in [-0.05, 0) is 23.8 Å². The Kier molecular flexibility index (Phi) is 7.87. The first-order valence-electron chi connectivity index (χ1n) is 10.9. The number of halogens is 1. The van der Waals surface area contributed by atoms with Crippen molar-refractivity contribution in [1.82, 2.24) is 14.8 Å². The molecule has 1 saturated heterocycles. The van der Waals surface area contributed by atoms with Gasteiger partial charge in [-0.15, -0.1) is 11.3 Å². The third kappa shape index (κ3) is 6.18. The molecule has 0 radical (unpaired) electrons. The van der Waals surface area contributed by atoms with Crippen LogP contribution in [0.3, 0.4) is 0 Å². The standard InChI is InChI=1S/C25H26FN3O4S/c1-32-21-8-6-18(7-9-21)11-28-12-22(33-15-19-4-2-3-5-23(19)26)13-29(14-25(28)31)24(30)10-20-16-34-17-27-20/h2-9,16-17,22H,10-15H2,1H3/t22-/m1/s1. The first-order chi connectivity index (χ1) is 16.5. The highest BCUT2D eigenvalue weighted by atomic mass is 32.1. The van der Waals surface area contributed by atoms with Gasteiger partial charge >= 0.3 is 0 Å². The molecule has 0 unspecified atom stereocenters. The molecule has 0 aliphatic carbocycles. The van der Waals surface area contributed by atoms with E-state index in [9.17, 15) is 14.0 Å². The number of carbonyl (C=O) groups is 2. The van der Waals surface area contributed by atoms with Crippen molar-refractivity contribution in [3.63, 3.8) is 0 Å². The molecule has 1 aliphatic rings. The van der Waals surface area contributed by atoms with Gasteiger partial charge in [0.25, 0.3) is 0 Å². The van der Waals surface area contributed by atoms with Crippen molar-refractivity contribution in [1.29, 1.82) is 0 Å². The molecular weight excluding hydrogens is 457 g/mol. The molecule has 0 bridgehead atoms. The summed E-state index contributed by atoms with van der Waals surface area (Å²) >= 11 is 1.42. The van der Waals surface area contributed by atoms with Gasteiger partial charge < -0.3 is 19.3 Å². The van der Waals surface area contributed by atoms with Gasteiger partial charge in [-0.1, -0.05) is 30.3 Å². The molecule has 0 N–H and O–H groups in total. The Morgan fingerprint density at radius 1 is 1.18 bits per heavy atom. The number of methoxy groups -OCH3 is 1. The quantitative estimate of drug-likeness (QED) is 0.492. The maximum Gasteiger partial charge on any atom is 0.242 e. The van der Waals surface area contributed by atoms with Crippen molar-refractivity contribution in [3.8, 4) is 5.75 Å². The Labute approximate surface area is 201 Å². The minimum atomic E-state index is -0.469. The molecule has 4 rings (SSSR count). The van der Waals surface area contributed by atoms with Crippen LogP contribution in [0.1, 0.15) is 16.8 Å². The van der Waals surface area contributed by atoms with Gasteiger partial charge in [-0.2, -0.15) is 0 Å². The zero-order valence-corrected chi connectivity index (χ0v) is 19.7. The molecule has 1 aliphatic heterocycles. The average Bonchev–Trinajstić information content (AvgIpc) is 3.30. The Morgan fingerprint density at radius 3 is 2.68 bits per heavy atom. The molecule has 34 heavy (non-hydrogen) atoms. The van der Waals surface area contributed by atoms with Gasteiger partial charge in [0.1, 0.15) is 11.6 Å². The zero-order valence-electron chi connectivity index (χ0n) is 18.9. The number of benzene rings is 2. The Morgan fingerprint density at radius 2 is 1.97 bits per heavy atom. The lowest BCUT2D eigenvalue weighted by molar-refractivity contribution is -0.138. The second-order valence-electron chi connectivity index (χ2n) is 8.08. The fourth-order valence-corrected chi connectivity index (χ4v) is 4.35. The SMILES string of the molecule is COc1ccc(CN2C[C@@H](OCc3ccccc3F)CN(C(=O)Cc3cscn3)CC2=O)cc1. The number of hydrogen-bond acceptors (Lipinski definition) is 6. The van der Waals surface area contributed by atoms with Crippen LogP contribution in [-0.2, 0) is 33.9 Å². The smallest absolute Gasteiger partial charge is 0.242 e. The molecule has 2 amide bonds. The highest BCUT2D eigenvalue weighted by Gasteiger charge is 2.31. The lowest BCUT2D eigenvalue weighted by Gasteiger charge is -2.25. The third-order valence-corrected chi connectivity index (χ3v) is 6.30. The Balaban J connectivity index is 1.50. The number of aromatic nitrogens is 1. The minimum Gasteiger partial charge on any atom is -0.497 e. The first kappa shape index (κ1) is 23.8. The van der Waals surface area contributed by atoms with Gasteiger partial charge in [-0.3, -0.25) is 9.59 Å². The van der Waals surface area contributed by atoms with Gasteiger partial charge in [0.2, 0.25) is 11.8 Å². The van der Waals surface area contributed by atoms with E-state index >= 15 is 0 Å². The van der Waals surface area contributed by atoms with Gasteiger partial charge in [0.05, 0.1) is 44.0 Å². The van der Waals surface area contributed by atoms with Crippen LogP contribution < -0.4 is 4.74 Å². The number of thiazole rings is 1. The molecule has 178 valence electrons. The highest BCUT2D eigenvalue weighted by Crippen LogP contribution is 2.18. The number of hydrogen-bond donors (Lipinski definition) is 0. The molecule has 7 nitrogen and oxygen atoms in total. The summed E-state index contributed by atoms with van der Waals surface area (Å²) in [5, 5.41) is 1.82. The van der Waals surface area contributed by atoms with E-state index in [0.717, 1.165) is 11.3 Å². The van der Waals surface area contributed by atoms with E-state index in [1.807, 2.05) is 29.6 Å². The van der Waals surface area contributed by atoms with E-state index < -0.39 is 6.10 Å². The van der Waals surface area contributed by atoms with Crippen molar-refractivity contribution in [2.24, 2.45) is 0 Å². The molecule has 2 heterocycles. The molecule has 9 heteroatoms. The van der Waals surface area contributed by atoms with E-state index in [-0.39, 0.29) is 43.7 Å². The molecule has 0 saturated carbocycles. The topological polar surface area (TPSA) is 72.0 Å². The van der Waals surface area contributed by atoms with Gasteiger partial charge in [0, 0.05) is 30.6 Å². The van der Waals surface area contributed by atoms with Crippen molar-refractivity contribution in [2.45, 2.75) is 25.7 Å². The van der Waals surface area contributed by atoms with E-state index in [4.69, 9.17) is 9.47 Å². The second-order valence-corrected chi connectivity index (χ2v) is 8.80. The number of amides is 2. The summed E-state index contributed by atoms with van der Waals surface area (Å²) in [6.45, 7) is 0.910. The van der Waals surface area contributed by atoms with E-state index in [1.165, 1.54) is 22.3 Å². The van der Waals surface area contributed by atoms with Crippen LogP contribution in [0.4, 0.5) is 4.39 Å². The number of rotatable bonds is 8. The van der Waals surface area contributed by atoms with Crippen LogP contribution in [0.2, 0.25) is 0 Å². The molecule has 0 spiro atoms. The molecule has 1 aromatic heterocycles. The van der Waals surface area contributed by atoms with Crippen molar-refractivity contribution in [3.05, 3.63) is 82.1 Å². The maximum atomic E-state index is 14.1. The molecule has 1 atom stereocenters. The lowest BCUT2D eigenvalue weighted by atomic mass is 10.2. The Bertz CT molecular complexity index is 1110. The van der Waals surface area contributed by atoms with Gasteiger partial charge in [0.15, 0.2) is 0 Å². The van der Waals surface area contributed by atoms with E-state index in [2.05, 4.69) is 4.98 Å². The van der Waals surface area contributed by atoms with Crippen LogP contribution in [0, 0.1) is 5.82 Å². The molecular formula is C25H26FN3O4S.